The Balaban J connectivity index is 2.11. The second kappa shape index (κ2) is 5.14. The van der Waals surface area contributed by atoms with E-state index in [0.29, 0.717) is 11.7 Å². The molecule has 0 saturated heterocycles. The van der Waals surface area contributed by atoms with Crippen LogP contribution in [-0.2, 0) is 13.0 Å². The molecule has 0 aliphatic heterocycles. The molecule has 0 fully saturated rings. The van der Waals surface area contributed by atoms with Crippen molar-refractivity contribution in [2.75, 3.05) is 5.32 Å². The van der Waals surface area contributed by atoms with Crippen molar-refractivity contribution in [1.82, 2.24) is 15.1 Å². The van der Waals surface area contributed by atoms with Crippen molar-refractivity contribution in [3.05, 3.63) is 34.6 Å². The number of anilines is 1. The Morgan fingerprint density at radius 1 is 1.41 bits per heavy atom. The first kappa shape index (κ1) is 11.9. The predicted octanol–water partition coefficient (Wildman–Crippen LogP) is 2.60. The van der Waals surface area contributed by atoms with Gasteiger partial charge in [-0.05, 0) is 13.3 Å². The van der Waals surface area contributed by atoms with E-state index in [4.69, 9.17) is 16.1 Å². The van der Waals surface area contributed by atoms with Crippen LogP contribution in [0.5, 0.6) is 0 Å². The maximum atomic E-state index is 5.99. The number of nitrogens with one attached hydrogen (secondary N) is 1. The molecule has 0 aliphatic rings. The number of aromatic nitrogens is 3. The Kier molecular flexibility index (Phi) is 3.58. The summed E-state index contributed by atoms with van der Waals surface area (Å²) in [7, 11) is 0. The summed E-state index contributed by atoms with van der Waals surface area (Å²) in [6.07, 6.45) is 2.22. The van der Waals surface area contributed by atoms with Gasteiger partial charge in [0.2, 0.25) is 0 Å². The summed E-state index contributed by atoms with van der Waals surface area (Å²) in [6, 6.07) is 1.88. The third-order valence-electron chi connectivity index (χ3n) is 2.36. The minimum absolute atomic E-state index is 0.487. The highest BCUT2D eigenvalue weighted by Crippen LogP contribution is 2.20. The van der Waals surface area contributed by atoms with Crippen LogP contribution in [-0.4, -0.2) is 15.1 Å². The Labute approximate surface area is 104 Å². The molecule has 0 amide bonds. The minimum atomic E-state index is 0.487. The molecule has 0 atom stereocenters. The van der Waals surface area contributed by atoms with Gasteiger partial charge in [0.25, 0.3) is 0 Å². The van der Waals surface area contributed by atoms with Crippen LogP contribution in [0.4, 0.5) is 5.82 Å². The summed E-state index contributed by atoms with van der Waals surface area (Å²) in [5.41, 5.74) is 1.74. The first-order valence-electron chi connectivity index (χ1n) is 5.36. The maximum Gasteiger partial charge on any atom is 0.137 e. The Morgan fingerprint density at radius 2 is 2.24 bits per heavy atom. The molecule has 0 aromatic carbocycles. The molecule has 0 saturated carbocycles. The first-order valence-corrected chi connectivity index (χ1v) is 5.74. The van der Waals surface area contributed by atoms with Gasteiger partial charge in [0.15, 0.2) is 0 Å². The van der Waals surface area contributed by atoms with Crippen molar-refractivity contribution >= 4 is 17.4 Å². The topological polar surface area (TPSA) is 63.8 Å². The second-order valence-electron chi connectivity index (χ2n) is 3.63. The van der Waals surface area contributed by atoms with Gasteiger partial charge in [-0.1, -0.05) is 23.7 Å². The highest BCUT2D eigenvalue weighted by Gasteiger charge is 2.08. The van der Waals surface area contributed by atoms with Crippen molar-refractivity contribution < 1.29 is 4.52 Å². The predicted molar refractivity (Wildman–Crippen MR) is 65.0 cm³/mol. The molecule has 2 aromatic heterocycles. The van der Waals surface area contributed by atoms with E-state index in [1.165, 1.54) is 6.33 Å². The molecule has 2 rings (SSSR count). The molecule has 2 heterocycles. The van der Waals surface area contributed by atoms with Gasteiger partial charge in [0, 0.05) is 11.6 Å². The van der Waals surface area contributed by atoms with Gasteiger partial charge < -0.3 is 9.84 Å². The van der Waals surface area contributed by atoms with Crippen molar-refractivity contribution in [3.8, 4) is 0 Å². The first-order chi connectivity index (χ1) is 8.20. The number of rotatable bonds is 4. The summed E-state index contributed by atoms with van der Waals surface area (Å²) in [4.78, 5) is 8.12. The lowest BCUT2D eigenvalue weighted by Gasteiger charge is -2.08. The smallest absolute Gasteiger partial charge is 0.137 e. The van der Waals surface area contributed by atoms with Crippen LogP contribution in [0.15, 0.2) is 16.9 Å². The van der Waals surface area contributed by atoms with Gasteiger partial charge in [-0.3, -0.25) is 0 Å². The fourth-order valence-corrected chi connectivity index (χ4v) is 1.80. The van der Waals surface area contributed by atoms with E-state index in [-0.39, 0.29) is 0 Å². The van der Waals surface area contributed by atoms with Crippen LogP contribution >= 0.6 is 11.6 Å². The molecule has 0 spiro atoms. The van der Waals surface area contributed by atoms with E-state index < -0.39 is 0 Å². The third-order valence-corrected chi connectivity index (χ3v) is 2.69. The number of nitrogens with zero attached hydrogens (tertiary/aromatic N) is 3. The fraction of sp³-hybridized carbons (Fsp3) is 0.364. The highest BCUT2D eigenvalue weighted by atomic mass is 35.5. The number of hydrogen-bond acceptors (Lipinski definition) is 5. The Bertz CT molecular complexity index is 512. The molecule has 0 radical (unpaired) electrons. The Hall–Kier alpha value is -1.62. The molecule has 0 aliphatic carbocycles. The minimum Gasteiger partial charge on any atom is -0.364 e. The summed E-state index contributed by atoms with van der Waals surface area (Å²) in [5.74, 6) is 1.53. The van der Waals surface area contributed by atoms with Crippen LogP contribution in [0.1, 0.15) is 23.9 Å². The van der Waals surface area contributed by atoms with Gasteiger partial charge in [0.05, 0.1) is 6.54 Å². The average molecular weight is 253 g/mol. The van der Waals surface area contributed by atoms with Gasteiger partial charge in [0.1, 0.15) is 28.8 Å². The Morgan fingerprint density at radius 3 is 2.88 bits per heavy atom. The van der Waals surface area contributed by atoms with Crippen LogP contribution in [0, 0.1) is 6.92 Å². The molecule has 2 aromatic rings. The molecule has 17 heavy (non-hydrogen) atoms. The molecule has 0 bridgehead atoms. The molecule has 0 unspecified atom stereocenters. The van der Waals surface area contributed by atoms with Crippen LogP contribution in [0.2, 0.25) is 5.15 Å². The second-order valence-corrected chi connectivity index (χ2v) is 3.99. The van der Waals surface area contributed by atoms with Gasteiger partial charge in [-0.2, -0.15) is 0 Å². The maximum absolute atomic E-state index is 5.99. The molecular formula is C11H13ClN4O. The van der Waals surface area contributed by atoms with E-state index in [2.05, 4.69) is 20.4 Å². The van der Waals surface area contributed by atoms with E-state index in [0.717, 1.165) is 29.3 Å². The molecule has 5 nitrogen and oxygen atoms in total. The van der Waals surface area contributed by atoms with E-state index >= 15 is 0 Å². The zero-order valence-electron chi connectivity index (χ0n) is 9.70. The summed E-state index contributed by atoms with van der Waals surface area (Å²) in [5, 5.41) is 7.56. The number of aryl methyl sites for hydroxylation is 1. The van der Waals surface area contributed by atoms with E-state index in [9.17, 15) is 0 Å². The largest absolute Gasteiger partial charge is 0.364 e. The summed E-state index contributed by atoms with van der Waals surface area (Å²) >= 11 is 5.99. The highest BCUT2D eigenvalue weighted by molar-refractivity contribution is 6.30. The van der Waals surface area contributed by atoms with Crippen LogP contribution < -0.4 is 5.32 Å². The summed E-state index contributed by atoms with van der Waals surface area (Å²) in [6.45, 7) is 4.42. The standard InChI is InChI=1S/C11H13ClN4O/c1-3-9-10(12)14-6-15-11(9)13-5-8-4-7(2)17-16-8/h4,6H,3,5H2,1-2H3,(H,13,14,15). The summed E-state index contributed by atoms with van der Waals surface area (Å²) < 4.78 is 4.98. The average Bonchev–Trinajstić information content (AvgIpc) is 2.72. The molecular weight excluding hydrogens is 240 g/mol. The van der Waals surface area contributed by atoms with Crippen molar-refractivity contribution in [3.63, 3.8) is 0 Å². The van der Waals surface area contributed by atoms with Crippen molar-refractivity contribution in [2.24, 2.45) is 0 Å². The van der Waals surface area contributed by atoms with Gasteiger partial charge in [-0.25, -0.2) is 9.97 Å². The van der Waals surface area contributed by atoms with Crippen LogP contribution in [0.3, 0.4) is 0 Å². The normalized spacial score (nSPS) is 10.5. The lowest BCUT2D eigenvalue weighted by molar-refractivity contribution is 0.391. The van der Waals surface area contributed by atoms with E-state index in [1.54, 1.807) is 0 Å². The molecule has 1 N–H and O–H groups in total. The lowest BCUT2D eigenvalue weighted by atomic mass is 10.2. The van der Waals surface area contributed by atoms with Gasteiger partial charge >= 0.3 is 0 Å². The molecule has 90 valence electrons. The van der Waals surface area contributed by atoms with Gasteiger partial charge in [-0.15, -0.1) is 0 Å². The quantitative estimate of drug-likeness (QED) is 0.848. The number of halogens is 1. The van der Waals surface area contributed by atoms with E-state index in [1.807, 2.05) is 19.9 Å². The lowest BCUT2D eigenvalue weighted by Crippen LogP contribution is -2.05. The van der Waals surface area contributed by atoms with Crippen molar-refractivity contribution in [1.29, 1.82) is 0 Å². The van der Waals surface area contributed by atoms with Crippen LogP contribution in [0.25, 0.3) is 0 Å². The monoisotopic (exact) mass is 252 g/mol. The fourth-order valence-electron chi connectivity index (χ4n) is 1.53. The zero-order chi connectivity index (χ0) is 12.3. The van der Waals surface area contributed by atoms with Crippen molar-refractivity contribution in [2.45, 2.75) is 26.8 Å². The molecule has 6 heteroatoms. The SMILES string of the molecule is CCc1c(Cl)ncnc1NCc1cc(C)on1. The third kappa shape index (κ3) is 2.74. The zero-order valence-corrected chi connectivity index (χ0v) is 10.5. The number of hydrogen-bond donors (Lipinski definition) is 1.